The molecule has 0 aromatic carbocycles. The molecule has 2 aliphatic heterocycles. The third-order valence-corrected chi connectivity index (χ3v) is 4.68. The van der Waals surface area contributed by atoms with Crippen LogP contribution in [0.15, 0.2) is 12.5 Å². The molecule has 6 nitrogen and oxygen atoms in total. The average molecular weight is 287 g/mol. The minimum atomic E-state index is 0.468. The number of nitrogens with one attached hydrogen (secondary N) is 1. The van der Waals surface area contributed by atoms with E-state index in [-0.39, 0.29) is 0 Å². The molecule has 6 heteroatoms. The van der Waals surface area contributed by atoms with Gasteiger partial charge in [-0.15, -0.1) is 0 Å². The SMILES string of the molecule is Nc1ncnc2c1c(CC1CCOC1)cn2C1CCNC1. The van der Waals surface area contributed by atoms with E-state index in [1.54, 1.807) is 6.33 Å². The van der Waals surface area contributed by atoms with Gasteiger partial charge in [-0.1, -0.05) is 0 Å². The molecule has 0 radical (unpaired) electrons. The smallest absolute Gasteiger partial charge is 0.146 e. The van der Waals surface area contributed by atoms with Crippen LogP contribution < -0.4 is 11.1 Å². The maximum absolute atomic E-state index is 6.13. The number of fused-ring (bicyclic) bond motifs is 1. The van der Waals surface area contributed by atoms with Gasteiger partial charge in [-0.2, -0.15) is 0 Å². The van der Waals surface area contributed by atoms with Gasteiger partial charge in [-0.3, -0.25) is 0 Å². The zero-order chi connectivity index (χ0) is 14.2. The minimum absolute atomic E-state index is 0.468. The lowest BCUT2D eigenvalue weighted by molar-refractivity contribution is 0.186. The van der Waals surface area contributed by atoms with Crippen molar-refractivity contribution in [1.82, 2.24) is 19.9 Å². The second-order valence-corrected chi connectivity index (χ2v) is 6.10. The quantitative estimate of drug-likeness (QED) is 0.884. The van der Waals surface area contributed by atoms with Crippen LogP contribution in [0.25, 0.3) is 11.0 Å². The van der Waals surface area contributed by atoms with Crippen molar-refractivity contribution in [3.05, 3.63) is 18.1 Å². The topological polar surface area (TPSA) is 78.0 Å². The van der Waals surface area contributed by atoms with E-state index in [1.165, 1.54) is 5.56 Å². The number of hydrogen-bond donors (Lipinski definition) is 2. The van der Waals surface area contributed by atoms with Gasteiger partial charge in [0.05, 0.1) is 5.39 Å². The molecular formula is C15H21N5O. The number of anilines is 1. The first-order valence-corrected chi connectivity index (χ1v) is 7.71. The molecule has 2 saturated heterocycles. The first-order valence-electron chi connectivity index (χ1n) is 7.71. The Morgan fingerprint density at radius 3 is 3.10 bits per heavy atom. The largest absolute Gasteiger partial charge is 0.383 e. The van der Waals surface area contributed by atoms with Crippen LogP contribution >= 0.6 is 0 Å². The molecule has 0 aliphatic carbocycles. The van der Waals surface area contributed by atoms with E-state index in [9.17, 15) is 0 Å². The Bertz CT molecular complexity index is 641. The summed E-state index contributed by atoms with van der Waals surface area (Å²) in [7, 11) is 0. The van der Waals surface area contributed by atoms with Crippen LogP contribution in [0.4, 0.5) is 5.82 Å². The zero-order valence-electron chi connectivity index (χ0n) is 12.1. The lowest BCUT2D eigenvalue weighted by atomic mass is 9.99. The molecule has 112 valence electrons. The van der Waals surface area contributed by atoms with Gasteiger partial charge in [0, 0.05) is 32.0 Å². The summed E-state index contributed by atoms with van der Waals surface area (Å²) >= 11 is 0. The molecular weight excluding hydrogens is 266 g/mol. The molecule has 4 rings (SSSR count). The number of hydrogen-bond acceptors (Lipinski definition) is 5. The zero-order valence-corrected chi connectivity index (χ0v) is 12.1. The van der Waals surface area contributed by atoms with Crippen LogP contribution in [0.5, 0.6) is 0 Å². The number of aromatic nitrogens is 3. The summed E-state index contributed by atoms with van der Waals surface area (Å²) in [4.78, 5) is 8.68. The molecule has 2 unspecified atom stereocenters. The molecule has 2 aromatic rings. The molecule has 21 heavy (non-hydrogen) atoms. The highest BCUT2D eigenvalue weighted by molar-refractivity contribution is 5.90. The second-order valence-electron chi connectivity index (χ2n) is 6.10. The number of rotatable bonds is 3. The van der Waals surface area contributed by atoms with Crippen LogP contribution in [0.2, 0.25) is 0 Å². The predicted molar refractivity (Wildman–Crippen MR) is 81.1 cm³/mol. The van der Waals surface area contributed by atoms with E-state index in [1.807, 2.05) is 0 Å². The van der Waals surface area contributed by atoms with E-state index in [0.717, 1.165) is 56.6 Å². The minimum Gasteiger partial charge on any atom is -0.383 e. The van der Waals surface area contributed by atoms with Gasteiger partial charge in [-0.05, 0) is 37.3 Å². The van der Waals surface area contributed by atoms with Crippen molar-refractivity contribution in [3.63, 3.8) is 0 Å². The van der Waals surface area contributed by atoms with Crippen LogP contribution in [0, 0.1) is 5.92 Å². The average Bonchev–Trinajstić information content (AvgIpc) is 3.19. The molecule has 2 aliphatic rings. The van der Waals surface area contributed by atoms with Crippen LogP contribution in [0.1, 0.15) is 24.4 Å². The Balaban J connectivity index is 1.77. The van der Waals surface area contributed by atoms with E-state index in [4.69, 9.17) is 10.5 Å². The van der Waals surface area contributed by atoms with E-state index < -0.39 is 0 Å². The van der Waals surface area contributed by atoms with Crippen molar-refractivity contribution < 1.29 is 4.74 Å². The lowest BCUT2D eigenvalue weighted by Gasteiger charge is -2.11. The molecule has 2 fully saturated rings. The van der Waals surface area contributed by atoms with E-state index in [2.05, 4.69) is 26.0 Å². The summed E-state index contributed by atoms with van der Waals surface area (Å²) in [6.45, 7) is 3.80. The summed E-state index contributed by atoms with van der Waals surface area (Å²) in [6.07, 6.45) is 7.08. The Morgan fingerprint density at radius 2 is 2.33 bits per heavy atom. The molecule has 2 aromatic heterocycles. The molecule has 2 atom stereocenters. The highest BCUT2D eigenvalue weighted by Gasteiger charge is 2.24. The molecule has 0 amide bonds. The Kier molecular flexibility index (Phi) is 3.27. The third kappa shape index (κ3) is 2.28. The molecule has 0 bridgehead atoms. The number of nitrogens with two attached hydrogens (primary N) is 1. The van der Waals surface area contributed by atoms with Crippen molar-refractivity contribution in [2.45, 2.75) is 25.3 Å². The molecule has 0 spiro atoms. The standard InChI is InChI=1S/C15H21N5O/c16-14-13-11(5-10-2-4-21-8-10)7-20(12-1-3-17-6-12)15(13)19-9-18-14/h7,9-10,12,17H,1-6,8H2,(H2,16,18,19). The number of nitrogens with zero attached hydrogens (tertiary/aromatic N) is 3. The van der Waals surface area contributed by atoms with Gasteiger partial charge in [-0.25, -0.2) is 9.97 Å². The number of nitrogen functional groups attached to an aromatic ring is 1. The van der Waals surface area contributed by atoms with Crippen molar-refractivity contribution >= 4 is 16.9 Å². The van der Waals surface area contributed by atoms with E-state index in [0.29, 0.717) is 17.8 Å². The Morgan fingerprint density at radius 1 is 1.38 bits per heavy atom. The summed E-state index contributed by atoms with van der Waals surface area (Å²) in [6, 6.07) is 0.468. The third-order valence-electron chi connectivity index (χ3n) is 4.68. The highest BCUT2D eigenvalue weighted by Crippen LogP contribution is 2.31. The summed E-state index contributed by atoms with van der Waals surface area (Å²) in [5.74, 6) is 1.18. The van der Waals surface area contributed by atoms with Gasteiger partial charge in [0.25, 0.3) is 0 Å². The van der Waals surface area contributed by atoms with Gasteiger partial charge in [0.2, 0.25) is 0 Å². The monoisotopic (exact) mass is 287 g/mol. The van der Waals surface area contributed by atoms with Gasteiger partial charge in [0.1, 0.15) is 17.8 Å². The second kappa shape index (κ2) is 5.27. The van der Waals surface area contributed by atoms with Crippen LogP contribution in [-0.4, -0.2) is 40.8 Å². The first-order chi connectivity index (χ1) is 10.3. The van der Waals surface area contributed by atoms with Crippen LogP contribution in [-0.2, 0) is 11.2 Å². The van der Waals surface area contributed by atoms with Gasteiger partial charge in [0.15, 0.2) is 0 Å². The van der Waals surface area contributed by atoms with Crippen molar-refractivity contribution in [3.8, 4) is 0 Å². The normalized spacial score (nSPS) is 25.9. The molecule has 3 N–H and O–H groups in total. The summed E-state index contributed by atoms with van der Waals surface area (Å²) in [5, 5.41) is 4.46. The maximum Gasteiger partial charge on any atom is 0.146 e. The lowest BCUT2D eigenvalue weighted by Crippen LogP contribution is -2.13. The first kappa shape index (κ1) is 13.0. The van der Waals surface area contributed by atoms with Gasteiger partial charge < -0.3 is 20.4 Å². The van der Waals surface area contributed by atoms with E-state index >= 15 is 0 Å². The van der Waals surface area contributed by atoms with Gasteiger partial charge >= 0.3 is 0 Å². The van der Waals surface area contributed by atoms with Crippen molar-refractivity contribution in [1.29, 1.82) is 0 Å². The molecule has 4 heterocycles. The summed E-state index contributed by atoms with van der Waals surface area (Å²) in [5.41, 5.74) is 8.38. The fourth-order valence-corrected chi connectivity index (χ4v) is 3.55. The van der Waals surface area contributed by atoms with Crippen molar-refractivity contribution in [2.75, 3.05) is 32.0 Å². The summed E-state index contributed by atoms with van der Waals surface area (Å²) < 4.78 is 7.79. The maximum atomic E-state index is 6.13. The van der Waals surface area contributed by atoms with Crippen LogP contribution in [0.3, 0.4) is 0 Å². The fraction of sp³-hybridized carbons (Fsp3) is 0.600. The Hall–Kier alpha value is -1.66. The predicted octanol–water partition coefficient (Wildman–Crippen LogP) is 1.13. The fourth-order valence-electron chi connectivity index (χ4n) is 3.55. The van der Waals surface area contributed by atoms with Crippen molar-refractivity contribution in [2.24, 2.45) is 5.92 Å². The number of ether oxygens (including phenoxy) is 1. The highest BCUT2D eigenvalue weighted by atomic mass is 16.5. The Labute approximate surface area is 123 Å². The molecule has 0 saturated carbocycles.